The molecule has 0 aliphatic carbocycles. The highest BCUT2D eigenvalue weighted by Crippen LogP contribution is 2.32. The van der Waals surface area contributed by atoms with Gasteiger partial charge in [0.15, 0.2) is 5.76 Å². The van der Waals surface area contributed by atoms with Crippen LogP contribution < -0.4 is 0 Å². The average Bonchev–Trinajstić information content (AvgIpc) is 2.85. The molecule has 1 aromatic rings. The van der Waals surface area contributed by atoms with Crippen molar-refractivity contribution >= 4 is 6.09 Å². The predicted octanol–water partition coefficient (Wildman–Crippen LogP) is 2.28. The van der Waals surface area contributed by atoms with Gasteiger partial charge in [0, 0.05) is 12.6 Å². The van der Waals surface area contributed by atoms with E-state index < -0.39 is 0 Å². The lowest BCUT2D eigenvalue weighted by molar-refractivity contribution is 0.0976. The van der Waals surface area contributed by atoms with E-state index in [4.69, 9.17) is 9.26 Å². The van der Waals surface area contributed by atoms with E-state index in [0.29, 0.717) is 6.61 Å². The molecule has 1 aliphatic rings. The van der Waals surface area contributed by atoms with E-state index in [9.17, 15) is 4.79 Å². The van der Waals surface area contributed by atoms with Crippen molar-refractivity contribution < 1.29 is 14.1 Å². The summed E-state index contributed by atoms with van der Waals surface area (Å²) in [6.07, 6.45) is 1.62. The number of ether oxygens (including phenoxy) is 1. The molecule has 88 valence electrons. The number of hydrogen-bond acceptors (Lipinski definition) is 4. The first-order valence-electron chi connectivity index (χ1n) is 5.59. The quantitative estimate of drug-likeness (QED) is 0.773. The summed E-state index contributed by atoms with van der Waals surface area (Å²) < 4.78 is 10.2. The van der Waals surface area contributed by atoms with E-state index in [-0.39, 0.29) is 12.1 Å². The van der Waals surface area contributed by atoms with E-state index in [1.807, 2.05) is 19.9 Å². The zero-order chi connectivity index (χ0) is 11.5. The van der Waals surface area contributed by atoms with Crippen LogP contribution in [-0.4, -0.2) is 29.3 Å². The lowest BCUT2D eigenvalue weighted by atomic mass is 10.1. The third kappa shape index (κ3) is 2.03. The number of carbonyl (C=O) groups is 1. The smallest absolute Gasteiger partial charge is 0.410 e. The molecule has 1 saturated heterocycles. The number of nitrogens with zero attached hydrogens (tertiary/aromatic N) is 2. The molecule has 1 amide bonds. The summed E-state index contributed by atoms with van der Waals surface area (Å²) >= 11 is 0. The van der Waals surface area contributed by atoms with Crippen LogP contribution in [0.2, 0.25) is 0 Å². The Labute approximate surface area is 94.3 Å². The van der Waals surface area contributed by atoms with Crippen molar-refractivity contribution in [2.45, 2.75) is 32.7 Å². The van der Waals surface area contributed by atoms with Crippen LogP contribution in [0.15, 0.2) is 10.6 Å². The van der Waals surface area contributed by atoms with Crippen LogP contribution in [0, 0.1) is 6.92 Å². The predicted molar refractivity (Wildman–Crippen MR) is 56.9 cm³/mol. The molecule has 1 aliphatic heterocycles. The van der Waals surface area contributed by atoms with Crippen LogP contribution in [-0.2, 0) is 4.74 Å². The van der Waals surface area contributed by atoms with Gasteiger partial charge in [-0.1, -0.05) is 5.16 Å². The van der Waals surface area contributed by atoms with E-state index >= 15 is 0 Å². The molecule has 0 bridgehead atoms. The van der Waals surface area contributed by atoms with Crippen molar-refractivity contribution in [1.82, 2.24) is 10.1 Å². The van der Waals surface area contributed by atoms with Crippen molar-refractivity contribution in [2.24, 2.45) is 0 Å². The van der Waals surface area contributed by atoms with Crippen LogP contribution in [0.1, 0.15) is 37.3 Å². The molecule has 2 rings (SSSR count). The van der Waals surface area contributed by atoms with Crippen molar-refractivity contribution in [3.8, 4) is 0 Å². The fraction of sp³-hybridized carbons (Fsp3) is 0.636. The molecule has 16 heavy (non-hydrogen) atoms. The van der Waals surface area contributed by atoms with Gasteiger partial charge in [0.1, 0.15) is 0 Å². The highest BCUT2D eigenvalue weighted by molar-refractivity contribution is 5.68. The molecular formula is C11H16N2O3. The summed E-state index contributed by atoms with van der Waals surface area (Å²) in [5.41, 5.74) is 0.839. The molecule has 1 fully saturated rings. The largest absolute Gasteiger partial charge is 0.450 e. The Hall–Kier alpha value is -1.52. The van der Waals surface area contributed by atoms with Gasteiger partial charge in [-0.15, -0.1) is 0 Å². The van der Waals surface area contributed by atoms with E-state index in [1.54, 1.807) is 4.90 Å². The summed E-state index contributed by atoms with van der Waals surface area (Å²) in [7, 11) is 0. The molecule has 0 spiro atoms. The van der Waals surface area contributed by atoms with Crippen molar-refractivity contribution in [3.05, 3.63) is 17.5 Å². The summed E-state index contributed by atoms with van der Waals surface area (Å²) in [6, 6.07) is 1.86. The van der Waals surface area contributed by atoms with Gasteiger partial charge < -0.3 is 9.26 Å². The molecule has 0 aromatic carbocycles. The third-order valence-corrected chi connectivity index (χ3v) is 2.73. The zero-order valence-electron chi connectivity index (χ0n) is 9.60. The lowest BCUT2D eigenvalue weighted by Gasteiger charge is -2.21. The van der Waals surface area contributed by atoms with E-state index in [1.165, 1.54) is 0 Å². The second-order valence-electron chi connectivity index (χ2n) is 3.92. The molecule has 5 nitrogen and oxygen atoms in total. The number of hydrogen-bond donors (Lipinski definition) is 0. The standard InChI is InChI=1S/C11H16N2O3/c1-3-15-11(14)13-6-4-5-9(13)10-7-8(2)12-16-10/h7,9H,3-6H2,1-2H3/t9-/m0/s1. The molecule has 1 atom stereocenters. The number of amides is 1. The fourth-order valence-corrected chi connectivity index (χ4v) is 2.03. The first kappa shape index (κ1) is 11.0. The number of aromatic nitrogens is 1. The maximum absolute atomic E-state index is 11.7. The molecule has 2 heterocycles. The number of rotatable bonds is 2. The average molecular weight is 224 g/mol. The maximum atomic E-state index is 11.7. The Morgan fingerprint density at radius 3 is 3.19 bits per heavy atom. The van der Waals surface area contributed by atoms with Gasteiger partial charge in [-0.3, -0.25) is 4.90 Å². The van der Waals surface area contributed by atoms with E-state index in [0.717, 1.165) is 30.8 Å². The van der Waals surface area contributed by atoms with Gasteiger partial charge in [0.2, 0.25) is 0 Å². The monoisotopic (exact) mass is 224 g/mol. The molecule has 0 saturated carbocycles. The number of carbonyl (C=O) groups excluding carboxylic acids is 1. The summed E-state index contributed by atoms with van der Waals surface area (Å²) in [5.74, 6) is 0.753. The summed E-state index contributed by atoms with van der Waals surface area (Å²) in [6.45, 7) is 4.80. The highest BCUT2D eigenvalue weighted by Gasteiger charge is 2.33. The van der Waals surface area contributed by atoms with Crippen LogP contribution in [0.4, 0.5) is 4.79 Å². The van der Waals surface area contributed by atoms with E-state index in [2.05, 4.69) is 5.16 Å². The van der Waals surface area contributed by atoms with Crippen molar-refractivity contribution in [1.29, 1.82) is 0 Å². The molecule has 5 heteroatoms. The van der Waals surface area contributed by atoms with Gasteiger partial charge in [-0.2, -0.15) is 0 Å². The number of aryl methyl sites for hydroxylation is 1. The first-order valence-corrected chi connectivity index (χ1v) is 5.59. The Bertz CT molecular complexity index is 375. The first-order chi connectivity index (χ1) is 7.72. The normalized spacial score (nSPS) is 20.1. The minimum Gasteiger partial charge on any atom is -0.450 e. The summed E-state index contributed by atoms with van der Waals surface area (Å²) in [4.78, 5) is 13.4. The Balaban J connectivity index is 2.11. The topological polar surface area (TPSA) is 55.6 Å². The zero-order valence-corrected chi connectivity index (χ0v) is 9.60. The minimum absolute atomic E-state index is 0.0137. The second-order valence-corrected chi connectivity index (χ2v) is 3.92. The van der Waals surface area contributed by atoms with Crippen LogP contribution in [0.25, 0.3) is 0 Å². The van der Waals surface area contributed by atoms with Crippen LogP contribution in [0.3, 0.4) is 0 Å². The molecular weight excluding hydrogens is 208 g/mol. The van der Waals surface area contributed by atoms with Gasteiger partial charge in [-0.25, -0.2) is 4.79 Å². The molecule has 1 aromatic heterocycles. The lowest BCUT2D eigenvalue weighted by Crippen LogP contribution is -2.30. The van der Waals surface area contributed by atoms with Gasteiger partial charge >= 0.3 is 6.09 Å². The van der Waals surface area contributed by atoms with Crippen LogP contribution in [0.5, 0.6) is 0 Å². The Kier molecular flexibility index (Phi) is 3.12. The van der Waals surface area contributed by atoms with Crippen molar-refractivity contribution in [3.63, 3.8) is 0 Å². The van der Waals surface area contributed by atoms with Gasteiger partial charge in [0.05, 0.1) is 18.3 Å². The maximum Gasteiger partial charge on any atom is 0.410 e. The summed E-state index contributed by atoms with van der Waals surface area (Å²) in [5, 5.41) is 3.85. The van der Waals surface area contributed by atoms with Gasteiger partial charge in [0.25, 0.3) is 0 Å². The fourth-order valence-electron chi connectivity index (χ4n) is 2.03. The highest BCUT2D eigenvalue weighted by atomic mass is 16.6. The van der Waals surface area contributed by atoms with Gasteiger partial charge in [-0.05, 0) is 26.7 Å². The SMILES string of the molecule is CCOC(=O)N1CCC[C@H]1c1cc(C)no1. The molecule has 0 N–H and O–H groups in total. The third-order valence-electron chi connectivity index (χ3n) is 2.73. The second kappa shape index (κ2) is 4.55. The minimum atomic E-state index is -0.265. The Morgan fingerprint density at radius 1 is 1.75 bits per heavy atom. The van der Waals surface area contributed by atoms with Crippen molar-refractivity contribution in [2.75, 3.05) is 13.2 Å². The van der Waals surface area contributed by atoms with Crippen LogP contribution >= 0.6 is 0 Å². The number of likely N-dealkylation sites (tertiary alicyclic amines) is 1. The molecule has 0 unspecified atom stereocenters. The molecule has 0 radical (unpaired) electrons. The Morgan fingerprint density at radius 2 is 2.56 bits per heavy atom.